The summed E-state index contributed by atoms with van der Waals surface area (Å²) >= 11 is 0. The Labute approximate surface area is 161 Å². The summed E-state index contributed by atoms with van der Waals surface area (Å²) in [5, 5.41) is 1.13. The molecule has 0 radical (unpaired) electrons. The number of primary amides is 1. The van der Waals surface area contributed by atoms with Crippen LogP contribution in [0.25, 0.3) is 27.8 Å². The molecule has 0 aliphatic heterocycles. The van der Waals surface area contributed by atoms with Crippen LogP contribution in [0.5, 0.6) is 0 Å². The first kappa shape index (κ1) is 16.8. The van der Waals surface area contributed by atoms with E-state index in [1.807, 2.05) is 24.4 Å². The third-order valence-electron chi connectivity index (χ3n) is 5.89. The van der Waals surface area contributed by atoms with Crippen molar-refractivity contribution in [1.29, 1.82) is 0 Å². The lowest BCUT2D eigenvalue weighted by Gasteiger charge is -2.25. The average molecular weight is 374 g/mol. The first-order valence-electron chi connectivity index (χ1n) is 9.61. The van der Waals surface area contributed by atoms with Crippen LogP contribution in [0.1, 0.15) is 37.4 Å². The predicted molar refractivity (Wildman–Crippen MR) is 109 cm³/mol. The molecule has 142 valence electrons. The van der Waals surface area contributed by atoms with Crippen LogP contribution in [0.3, 0.4) is 0 Å². The smallest absolute Gasteiger partial charge is 0.220 e. The molecule has 1 saturated carbocycles. The summed E-state index contributed by atoms with van der Waals surface area (Å²) in [7, 11) is 0. The van der Waals surface area contributed by atoms with Gasteiger partial charge in [-0.1, -0.05) is 18.2 Å². The van der Waals surface area contributed by atoms with Crippen molar-refractivity contribution in [3.63, 3.8) is 0 Å². The van der Waals surface area contributed by atoms with Crippen molar-refractivity contribution in [1.82, 2.24) is 19.4 Å². The zero-order valence-corrected chi connectivity index (χ0v) is 15.4. The Hall–Kier alpha value is -3.35. The molecule has 3 aromatic heterocycles. The Balaban J connectivity index is 1.62. The van der Waals surface area contributed by atoms with E-state index in [1.54, 1.807) is 6.20 Å². The molecular weight excluding hydrogens is 352 g/mol. The van der Waals surface area contributed by atoms with Gasteiger partial charge in [-0.15, -0.1) is 0 Å². The number of fused-ring (bicyclic) bond motifs is 2. The second-order valence-corrected chi connectivity index (χ2v) is 7.57. The van der Waals surface area contributed by atoms with Gasteiger partial charge in [0.2, 0.25) is 5.91 Å². The molecule has 1 aliphatic carbocycles. The van der Waals surface area contributed by atoms with Crippen LogP contribution >= 0.6 is 0 Å². The predicted octanol–water partition coefficient (Wildman–Crippen LogP) is 3.22. The van der Waals surface area contributed by atoms with E-state index in [4.69, 9.17) is 16.5 Å². The van der Waals surface area contributed by atoms with E-state index in [0.717, 1.165) is 59.3 Å². The number of H-pyrrole nitrogens is 1. The van der Waals surface area contributed by atoms with Crippen molar-refractivity contribution in [2.24, 2.45) is 11.7 Å². The molecule has 0 bridgehead atoms. The van der Waals surface area contributed by atoms with E-state index >= 15 is 0 Å². The van der Waals surface area contributed by atoms with Crippen LogP contribution in [0.4, 0.5) is 5.82 Å². The maximum absolute atomic E-state index is 11.5. The van der Waals surface area contributed by atoms with E-state index in [1.165, 1.54) is 0 Å². The van der Waals surface area contributed by atoms with Gasteiger partial charge in [0.25, 0.3) is 0 Å². The Morgan fingerprint density at radius 2 is 1.96 bits per heavy atom. The zero-order valence-electron chi connectivity index (χ0n) is 15.4. The fraction of sp³-hybridized carbons (Fsp3) is 0.286. The fourth-order valence-corrected chi connectivity index (χ4v) is 4.40. The molecule has 28 heavy (non-hydrogen) atoms. The third kappa shape index (κ3) is 2.62. The average Bonchev–Trinajstić information content (AvgIpc) is 3.30. The Morgan fingerprint density at radius 3 is 2.71 bits per heavy atom. The van der Waals surface area contributed by atoms with Gasteiger partial charge in [-0.25, -0.2) is 9.97 Å². The summed E-state index contributed by atoms with van der Waals surface area (Å²) in [5.41, 5.74) is 15.4. The van der Waals surface area contributed by atoms with Crippen LogP contribution in [0.15, 0.2) is 42.7 Å². The molecule has 1 aliphatic rings. The second-order valence-electron chi connectivity index (χ2n) is 7.57. The van der Waals surface area contributed by atoms with Gasteiger partial charge in [-0.3, -0.25) is 9.20 Å². The highest BCUT2D eigenvalue weighted by Crippen LogP contribution is 2.38. The van der Waals surface area contributed by atoms with Crippen LogP contribution in [0, 0.1) is 5.92 Å². The number of hydrogen-bond acceptors (Lipinski definition) is 4. The lowest BCUT2D eigenvalue weighted by atomic mass is 9.81. The molecule has 7 nitrogen and oxygen atoms in total. The number of benzene rings is 1. The number of aromatic amines is 1. The molecule has 5 rings (SSSR count). The quantitative estimate of drug-likeness (QED) is 0.510. The lowest BCUT2D eigenvalue weighted by molar-refractivity contribution is -0.122. The van der Waals surface area contributed by atoms with E-state index in [0.29, 0.717) is 5.82 Å². The summed E-state index contributed by atoms with van der Waals surface area (Å²) in [5.74, 6) is 1.48. The molecule has 0 atom stereocenters. The molecule has 0 saturated heterocycles. The Kier molecular flexibility index (Phi) is 3.82. The largest absolute Gasteiger partial charge is 0.382 e. The van der Waals surface area contributed by atoms with Gasteiger partial charge < -0.3 is 16.5 Å². The van der Waals surface area contributed by atoms with E-state index in [9.17, 15) is 4.79 Å². The molecule has 7 heteroatoms. The molecule has 5 N–H and O–H groups in total. The van der Waals surface area contributed by atoms with Crippen LogP contribution in [0.2, 0.25) is 0 Å². The zero-order chi connectivity index (χ0) is 19.3. The number of hydrogen-bond donors (Lipinski definition) is 3. The molecule has 1 amide bonds. The van der Waals surface area contributed by atoms with Gasteiger partial charge in [0.1, 0.15) is 22.9 Å². The first-order chi connectivity index (χ1) is 13.6. The van der Waals surface area contributed by atoms with Gasteiger partial charge in [0.05, 0.1) is 5.69 Å². The first-order valence-corrected chi connectivity index (χ1v) is 9.61. The number of nitrogens with zero attached hydrogens (tertiary/aromatic N) is 3. The number of anilines is 1. The number of imidazole rings is 1. The summed E-state index contributed by atoms with van der Waals surface area (Å²) < 4.78 is 2.05. The minimum atomic E-state index is -0.196. The molecule has 0 spiro atoms. The van der Waals surface area contributed by atoms with Crippen molar-refractivity contribution in [2.75, 3.05) is 5.73 Å². The van der Waals surface area contributed by atoms with Gasteiger partial charge >= 0.3 is 0 Å². The second kappa shape index (κ2) is 6.37. The van der Waals surface area contributed by atoms with Crippen molar-refractivity contribution < 1.29 is 4.79 Å². The molecule has 3 heterocycles. The van der Waals surface area contributed by atoms with E-state index < -0.39 is 0 Å². The standard InChI is InChI=1S/C21H22N6O/c22-19-18-17(16-11-14-3-1-2-4-15(14)25-16)26-21(27(18)10-9-24-19)13-7-5-12(6-8-13)20(23)28/h1-4,9-13,25H,5-8H2,(H2,22,24)(H2,23,28)/t12-,13-. The number of amides is 1. The summed E-state index contributed by atoms with van der Waals surface area (Å²) in [6, 6.07) is 10.2. The van der Waals surface area contributed by atoms with Crippen LogP contribution in [-0.4, -0.2) is 25.3 Å². The molecular formula is C21H22N6O. The highest BCUT2D eigenvalue weighted by atomic mass is 16.1. The number of rotatable bonds is 3. The monoisotopic (exact) mass is 374 g/mol. The maximum Gasteiger partial charge on any atom is 0.220 e. The number of nitrogens with one attached hydrogen (secondary N) is 1. The Morgan fingerprint density at radius 1 is 1.18 bits per heavy atom. The van der Waals surface area contributed by atoms with E-state index in [2.05, 4.69) is 26.5 Å². The normalized spacial score (nSPS) is 20.0. The Bertz CT molecular complexity index is 1150. The summed E-state index contributed by atoms with van der Waals surface area (Å²) in [6.07, 6.45) is 7.01. The maximum atomic E-state index is 11.5. The molecule has 0 unspecified atom stereocenters. The molecule has 1 fully saturated rings. The number of nitrogens with two attached hydrogens (primary N) is 2. The van der Waals surface area contributed by atoms with Crippen molar-refractivity contribution >= 4 is 28.1 Å². The van der Waals surface area contributed by atoms with Gasteiger partial charge in [0, 0.05) is 35.1 Å². The van der Waals surface area contributed by atoms with E-state index in [-0.39, 0.29) is 17.7 Å². The number of nitrogen functional groups attached to an aromatic ring is 1. The number of carbonyl (C=O) groups is 1. The van der Waals surface area contributed by atoms with Crippen molar-refractivity contribution in [3.05, 3.63) is 48.5 Å². The van der Waals surface area contributed by atoms with Gasteiger partial charge in [-0.05, 0) is 37.8 Å². The van der Waals surface area contributed by atoms with Gasteiger partial charge in [0.15, 0.2) is 0 Å². The van der Waals surface area contributed by atoms with Crippen molar-refractivity contribution in [2.45, 2.75) is 31.6 Å². The lowest BCUT2D eigenvalue weighted by Crippen LogP contribution is -2.27. The fourth-order valence-electron chi connectivity index (χ4n) is 4.40. The number of carbonyl (C=O) groups excluding carboxylic acids is 1. The molecule has 1 aromatic carbocycles. The van der Waals surface area contributed by atoms with Crippen LogP contribution < -0.4 is 11.5 Å². The topological polar surface area (TPSA) is 115 Å². The summed E-state index contributed by atoms with van der Waals surface area (Å²) in [4.78, 5) is 24.2. The number of para-hydroxylation sites is 1. The molecule has 4 aromatic rings. The highest BCUT2D eigenvalue weighted by molar-refractivity contribution is 5.91. The minimum Gasteiger partial charge on any atom is -0.382 e. The third-order valence-corrected chi connectivity index (χ3v) is 5.89. The highest BCUT2D eigenvalue weighted by Gasteiger charge is 2.29. The van der Waals surface area contributed by atoms with Crippen LogP contribution in [-0.2, 0) is 4.79 Å². The number of aromatic nitrogens is 4. The SMILES string of the molecule is Nc1nccn2c1c(-c1cc3ccccc3[nH]1)nc2[C@H]1CC[C@H](C(N)=O)CC1. The minimum absolute atomic E-state index is 0.0256. The van der Waals surface area contributed by atoms with Crippen molar-refractivity contribution in [3.8, 4) is 11.4 Å². The summed E-state index contributed by atoms with van der Waals surface area (Å²) in [6.45, 7) is 0. The van der Waals surface area contributed by atoms with Gasteiger partial charge in [-0.2, -0.15) is 0 Å².